The molecule has 0 amide bonds. The number of nitrogens with two attached hydrogens (primary N) is 1. The number of imidazole rings is 1. The second-order valence-corrected chi connectivity index (χ2v) is 4.73. The summed E-state index contributed by atoms with van der Waals surface area (Å²) < 4.78 is 13.3. The lowest BCUT2D eigenvalue weighted by molar-refractivity contribution is 0.619. The van der Waals surface area contributed by atoms with Crippen LogP contribution >= 0.6 is 0 Å². The first-order valence-corrected chi connectivity index (χ1v) is 6.31. The number of rotatable bonds is 2. The molecular formula is C16H14FN3. The van der Waals surface area contributed by atoms with Gasteiger partial charge in [-0.25, -0.2) is 9.37 Å². The highest BCUT2D eigenvalue weighted by Gasteiger charge is 2.07. The van der Waals surface area contributed by atoms with E-state index in [1.807, 2.05) is 24.3 Å². The van der Waals surface area contributed by atoms with Gasteiger partial charge in [0, 0.05) is 16.8 Å². The molecule has 0 aliphatic rings. The Morgan fingerprint density at radius 1 is 1.10 bits per heavy atom. The molecule has 3 aromatic rings. The van der Waals surface area contributed by atoms with Crippen LogP contribution < -0.4 is 5.73 Å². The Morgan fingerprint density at radius 2 is 1.95 bits per heavy atom. The van der Waals surface area contributed by atoms with Crippen molar-refractivity contribution in [1.29, 1.82) is 0 Å². The van der Waals surface area contributed by atoms with Crippen molar-refractivity contribution in [1.82, 2.24) is 9.97 Å². The summed E-state index contributed by atoms with van der Waals surface area (Å²) in [6.07, 6.45) is 1.74. The minimum atomic E-state index is -0.204. The van der Waals surface area contributed by atoms with E-state index in [-0.39, 0.29) is 5.82 Å². The summed E-state index contributed by atoms with van der Waals surface area (Å²) in [6, 6.07) is 12.5. The number of nitrogens with zero attached hydrogens (tertiary/aromatic N) is 1. The zero-order valence-electron chi connectivity index (χ0n) is 11.0. The molecule has 0 atom stereocenters. The minimum absolute atomic E-state index is 0.204. The smallest absolute Gasteiger partial charge is 0.137 e. The Bertz CT molecular complexity index is 762. The standard InChI is InChI=1S/C16H14FN3/c1-10-7-11(5-6-14(10)17)15-9-19-16(20-15)12-3-2-4-13(18)8-12/h2-9H,18H2,1H3,(H,19,20). The topological polar surface area (TPSA) is 54.7 Å². The number of nitrogens with one attached hydrogen (secondary N) is 1. The molecule has 2 aromatic carbocycles. The molecule has 3 rings (SSSR count). The predicted molar refractivity (Wildman–Crippen MR) is 78.6 cm³/mol. The predicted octanol–water partition coefficient (Wildman–Crippen LogP) is 3.77. The van der Waals surface area contributed by atoms with Crippen LogP contribution in [0.3, 0.4) is 0 Å². The number of anilines is 1. The second kappa shape index (κ2) is 4.81. The fourth-order valence-electron chi connectivity index (χ4n) is 2.11. The van der Waals surface area contributed by atoms with Crippen molar-refractivity contribution in [3.05, 3.63) is 60.0 Å². The summed E-state index contributed by atoms with van der Waals surface area (Å²) in [5.74, 6) is 0.540. The maximum Gasteiger partial charge on any atom is 0.137 e. The maximum absolute atomic E-state index is 13.3. The van der Waals surface area contributed by atoms with Gasteiger partial charge in [0.2, 0.25) is 0 Å². The Labute approximate surface area is 116 Å². The lowest BCUT2D eigenvalue weighted by Gasteiger charge is -2.01. The molecule has 0 spiro atoms. The molecule has 4 heteroatoms. The van der Waals surface area contributed by atoms with Gasteiger partial charge in [-0.15, -0.1) is 0 Å². The average molecular weight is 267 g/mol. The number of nitrogen functional groups attached to an aromatic ring is 1. The third-order valence-corrected chi connectivity index (χ3v) is 3.20. The summed E-state index contributed by atoms with van der Waals surface area (Å²) in [5, 5.41) is 0. The number of aromatic amines is 1. The van der Waals surface area contributed by atoms with Crippen LogP contribution in [0.5, 0.6) is 0 Å². The van der Waals surface area contributed by atoms with E-state index in [1.54, 1.807) is 25.3 Å². The summed E-state index contributed by atoms with van der Waals surface area (Å²) in [5.41, 5.74) is 9.76. The molecule has 0 unspecified atom stereocenters. The van der Waals surface area contributed by atoms with E-state index in [2.05, 4.69) is 9.97 Å². The average Bonchev–Trinajstić information content (AvgIpc) is 2.92. The number of halogens is 1. The van der Waals surface area contributed by atoms with Crippen LogP contribution in [0, 0.1) is 12.7 Å². The molecule has 0 radical (unpaired) electrons. The van der Waals surface area contributed by atoms with Crippen LogP contribution in [-0.2, 0) is 0 Å². The van der Waals surface area contributed by atoms with Gasteiger partial charge in [-0.05, 0) is 42.8 Å². The van der Waals surface area contributed by atoms with Crippen molar-refractivity contribution in [2.45, 2.75) is 6.92 Å². The molecule has 20 heavy (non-hydrogen) atoms. The second-order valence-electron chi connectivity index (χ2n) is 4.73. The van der Waals surface area contributed by atoms with Crippen molar-refractivity contribution in [2.75, 3.05) is 5.73 Å². The molecule has 100 valence electrons. The normalized spacial score (nSPS) is 10.7. The van der Waals surface area contributed by atoms with E-state index >= 15 is 0 Å². The zero-order chi connectivity index (χ0) is 14.1. The summed E-state index contributed by atoms with van der Waals surface area (Å²) in [6.45, 7) is 1.74. The number of hydrogen-bond donors (Lipinski definition) is 2. The molecule has 0 saturated carbocycles. The minimum Gasteiger partial charge on any atom is -0.399 e. The SMILES string of the molecule is Cc1cc(-c2cnc(-c3cccc(N)c3)[nH]2)ccc1F. The van der Waals surface area contributed by atoms with E-state index in [0.717, 1.165) is 22.6 Å². The van der Waals surface area contributed by atoms with Crippen molar-refractivity contribution in [3.8, 4) is 22.6 Å². The molecule has 0 aliphatic heterocycles. The third-order valence-electron chi connectivity index (χ3n) is 3.20. The zero-order valence-corrected chi connectivity index (χ0v) is 11.0. The molecular weight excluding hydrogens is 253 g/mol. The summed E-state index contributed by atoms with van der Waals surface area (Å²) in [7, 11) is 0. The number of aryl methyl sites for hydroxylation is 1. The third kappa shape index (κ3) is 2.28. The highest BCUT2D eigenvalue weighted by atomic mass is 19.1. The molecule has 0 fully saturated rings. The first kappa shape index (κ1) is 12.4. The lowest BCUT2D eigenvalue weighted by atomic mass is 10.1. The largest absolute Gasteiger partial charge is 0.399 e. The molecule has 3 N–H and O–H groups in total. The van der Waals surface area contributed by atoms with Crippen LogP contribution in [0.1, 0.15) is 5.56 Å². The number of aromatic nitrogens is 2. The number of H-pyrrole nitrogens is 1. The Kier molecular flexibility index (Phi) is 2.99. The molecule has 0 saturated heterocycles. The molecule has 1 heterocycles. The molecule has 1 aromatic heterocycles. The highest BCUT2D eigenvalue weighted by molar-refractivity contribution is 5.66. The van der Waals surface area contributed by atoms with Gasteiger partial charge in [-0.2, -0.15) is 0 Å². The molecule has 0 bridgehead atoms. The summed E-state index contributed by atoms with van der Waals surface area (Å²) >= 11 is 0. The van der Waals surface area contributed by atoms with Gasteiger partial charge in [-0.1, -0.05) is 12.1 Å². The van der Waals surface area contributed by atoms with Gasteiger partial charge in [0.05, 0.1) is 11.9 Å². The fourth-order valence-corrected chi connectivity index (χ4v) is 2.11. The van der Waals surface area contributed by atoms with E-state index in [4.69, 9.17) is 5.73 Å². The van der Waals surface area contributed by atoms with Crippen LogP contribution in [0.15, 0.2) is 48.7 Å². The quantitative estimate of drug-likeness (QED) is 0.694. The van der Waals surface area contributed by atoms with E-state index in [1.165, 1.54) is 6.07 Å². The maximum atomic E-state index is 13.3. The van der Waals surface area contributed by atoms with Crippen LogP contribution in [0.4, 0.5) is 10.1 Å². The number of hydrogen-bond acceptors (Lipinski definition) is 2. The van der Waals surface area contributed by atoms with Crippen molar-refractivity contribution in [2.24, 2.45) is 0 Å². The van der Waals surface area contributed by atoms with Crippen molar-refractivity contribution in [3.63, 3.8) is 0 Å². The summed E-state index contributed by atoms with van der Waals surface area (Å²) in [4.78, 5) is 7.58. The van der Waals surface area contributed by atoms with Crippen LogP contribution in [0.2, 0.25) is 0 Å². The highest BCUT2D eigenvalue weighted by Crippen LogP contribution is 2.24. The van der Waals surface area contributed by atoms with Gasteiger partial charge in [0.1, 0.15) is 11.6 Å². The molecule has 3 nitrogen and oxygen atoms in total. The van der Waals surface area contributed by atoms with Gasteiger partial charge in [0.25, 0.3) is 0 Å². The van der Waals surface area contributed by atoms with E-state index in [0.29, 0.717) is 11.3 Å². The van der Waals surface area contributed by atoms with Crippen molar-refractivity contribution >= 4 is 5.69 Å². The van der Waals surface area contributed by atoms with Gasteiger partial charge >= 0.3 is 0 Å². The van der Waals surface area contributed by atoms with Gasteiger partial charge < -0.3 is 10.7 Å². The van der Waals surface area contributed by atoms with Crippen molar-refractivity contribution < 1.29 is 4.39 Å². The Hall–Kier alpha value is -2.62. The molecule has 0 aliphatic carbocycles. The Morgan fingerprint density at radius 3 is 2.70 bits per heavy atom. The van der Waals surface area contributed by atoms with E-state index in [9.17, 15) is 4.39 Å². The van der Waals surface area contributed by atoms with Crippen LogP contribution in [-0.4, -0.2) is 9.97 Å². The fraction of sp³-hybridized carbons (Fsp3) is 0.0625. The monoisotopic (exact) mass is 267 g/mol. The first-order chi connectivity index (χ1) is 9.63. The van der Waals surface area contributed by atoms with Gasteiger partial charge in [0.15, 0.2) is 0 Å². The lowest BCUT2D eigenvalue weighted by Crippen LogP contribution is -1.87. The van der Waals surface area contributed by atoms with Crippen LogP contribution in [0.25, 0.3) is 22.6 Å². The van der Waals surface area contributed by atoms with E-state index < -0.39 is 0 Å². The first-order valence-electron chi connectivity index (χ1n) is 6.31. The van der Waals surface area contributed by atoms with Gasteiger partial charge in [-0.3, -0.25) is 0 Å². The number of benzene rings is 2. The Balaban J connectivity index is 1.99.